The van der Waals surface area contributed by atoms with Gasteiger partial charge in [-0.1, -0.05) is 6.07 Å². The summed E-state index contributed by atoms with van der Waals surface area (Å²) in [5, 5.41) is 13.8. The van der Waals surface area contributed by atoms with Crippen LogP contribution in [0.2, 0.25) is 0 Å². The highest BCUT2D eigenvalue weighted by Gasteiger charge is 2.39. The Morgan fingerprint density at radius 1 is 1.27 bits per heavy atom. The number of nitrogens with one attached hydrogen (secondary N) is 1. The number of amides is 1. The minimum Gasteiger partial charge on any atom is -0.444 e. The van der Waals surface area contributed by atoms with E-state index in [9.17, 15) is 14.7 Å². The number of aromatic nitrogens is 3. The number of nitrogens with zero attached hydrogens (tertiary/aromatic N) is 4. The first-order chi connectivity index (χ1) is 19.4. The fourth-order valence-corrected chi connectivity index (χ4v) is 5.57. The Bertz CT molecular complexity index is 1530. The maximum absolute atomic E-state index is 15.1. The Morgan fingerprint density at radius 3 is 2.66 bits per heavy atom. The van der Waals surface area contributed by atoms with Gasteiger partial charge in [-0.3, -0.25) is 9.69 Å². The van der Waals surface area contributed by atoms with Crippen LogP contribution in [0.1, 0.15) is 70.8 Å². The van der Waals surface area contributed by atoms with Crippen molar-refractivity contribution < 1.29 is 23.8 Å². The van der Waals surface area contributed by atoms with Gasteiger partial charge < -0.3 is 24.5 Å². The topological polar surface area (TPSA) is 119 Å². The van der Waals surface area contributed by atoms with E-state index in [4.69, 9.17) is 9.47 Å². The van der Waals surface area contributed by atoms with E-state index in [1.54, 1.807) is 30.0 Å². The number of hydrogen-bond donors (Lipinski definition) is 2. The Balaban J connectivity index is 1.58. The van der Waals surface area contributed by atoms with Gasteiger partial charge in [-0.15, -0.1) is 0 Å². The maximum Gasteiger partial charge on any atom is 0.410 e. The molecule has 0 saturated carbocycles. The number of likely N-dealkylation sites (tertiary alicyclic amines) is 1. The number of rotatable bonds is 5. The lowest BCUT2D eigenvalue weighted by Gasteiger charge is -2.43. The molecule has 0 bridgehead atoms. The lowest BCUT2D eigenvalue weighted by Crippen LogP contribution is -2.49. The van der Waals surface area contributed by atoms with Crippen LogP contribution in [0.4, 0.5) is 15.1 Å². The summed E-state index contributed by atoms with van der Waals surface area (Å²) in [7, 11) is 0. The van der Waals surface area contributed by atoms with E-state index in [0.717, 1.165) is 11.9 Å². The molecule has 220 valence electrons. The molecule has 1 unspecified atom stereocenters. The summed E-state index contributed by atoms with van der Waals surface area (Å²) in [6.45, 7) is 12.5. The summed E-state index contributed by atoms with van der Waals surface area (Å²) in [5.74, 6) is -0.413. The molecule has 3 atom stereocenters. The van der Waals surface area contributed by atoms with Crippen molar-refractivity contribution in [2.75, 3.05) is 25.1 Å². The number of hydrogen-bond acceptors (Lipinski definition) is 8. The van der Waals surface area contributed by atoms with E-state index in [-0.39, 0.29) is 41.8 Å². The molecule has 0 radical (unpaired) electrons. The average Bonchev–Trinajstić information content (AvgIpc) is 2.87. The van der Waals surface area contributed by atoms with Gasteiger partial charge in [0.15, 0.2) is 11.2 Å². The predicted molar refractivity (Wildman–Crippen MR) is 153 cm³/mol. The van der Waals surface area contributed by atoms with Crippen LogP contribution in [0.3, 0.4) is 0 Å². The summed E-state index contributed by atoms with van der Waals surface area (Å²) in [5.41, 5.74) is 1.75. The molecule has 2 aliphatic rings. The van der Waals surface area contributed by atoms with Crippen LogP contribution in [0, 0.1) is 12.7 Å². The number of halogens is 1. The zero-order valence-electron chi connectivity index (χ0n) is 24.4. The van der Waals surface area contributed by atoms with Crippen molar-refractivity contribution in [2.45, 2.75) is 84.2 Å². The Morgan fingerprint density at radius 2 is 2.02 bits per heavy atom. The van der Waals surface area contributed by atoms with Gasteiger partial charge in [-0.2, -0.15) is 0 Å². The minimum absolute atomic E-state index is 0.0642. The summed E-state index contributed by atoms with van der Waals surface area (Å²) in [4.78, 5) is 36.8. The smallest absolute Gasteiger partial charge is 0.410 e. The second kappa shape index (κ2) is 11.0. The van der Waals surface area contributed by atoms with Gasteiger partial charge in [-0.25, -0.2) is 19.2 Å². The highest BCUT2D eigenvalue weighted by molar-refractivity contribution is 5.85. The molecule has 0 spiro atoms. The van der Waals surface area contributed by atoms with Crippen LogP contribution < -0.4 is 10.7 Å². The van der Waals surface area contributed by atoms with Gasteiger partial charge in [0.25, 0.3) is 0 Å². The number of aliphatic hydroxyl groups excluding tert-OH is 1. The summed E-state index contributed by atoms with van der Waals surface area (Å²) >= 11 is 0. The number of benzene rings is 1. The van der Waals surface area contributed by atoms with Gasteiger partial charge in [-0.05, 0) is 66.5 Å². The lowest BCUT2D eigenvalue weighted by atomic mass is 9.93. The highest BCUT2D eigenvalue weighted by Crippen LogP contribution is 2.39. The van der Waals surface area contributed by atoms with Gasteiger partial charge in [0.1, 0.15) is 11.3 Å². The summed E-state index contributed by atoms with van der Waals surface area (Å²) < 4.78 is 28.1. The van der Waals surface area contributed by atoms with E-state index in [1.807, 2.05) is 34.6 Å². The SMILES string of the molecule is Cc1c(C2CCN2C(=O)OC(C)(C)C)n(C(C)C)c2cc(-c3nc(N[C@@H]4CCOC[C@H]4O)ncc3F)ccc2c1=O. The second-order valence-corrected chi connectivity index (χ2v) is 12.1. The molecule has 3 aromatic rings. The molecule has 4 heterocycles. The minimum atomic E-state index is -0.726. The van der Waals surface area contributed by atoms with E-state index >= 15 is 4.39 Å². The molecular formula is C30H38FN5O5. The van der Waals surface area contributed by atoms with E-state index in [2.05, 4.69) is 19.9 Å². The van der Waals surface area contributed by atoms with E-state index in [1.165, 1.54) is 0 Å². The third kappa shape index (κ3) is 5.65. The third-order valence-electron chi connectivity index (χ3n) is 7.62. The number of aliphatic hydroxyl groups is 1. The first-order valence-electron chi connectivity index (χ1n) is 14.1. The van der Waals surface area contributed by atoms with Gasteiger partial charge in [0, 0.05) is 41.4 Å². The zero-order valence-corrected chi connectivity index (χ0v) is 24.4. The van der Waals surface area contributed by atoms with Gasteiger partial charge in [0.2, 0.25) is 5.95 Å². The monoisotopic (exact) mass is 567 g/mol. The van der Waals surface area contributed by atoms with Gasteiger partial charge >= 0.3 is 6.09 Å². The van der Waals surface area contributed by atoms with Crippen LogP contribution in [0.5, 0.6) is 0 Å². The summed E-state index contributed by atoms with van der Waals surface area (Å²) in [6.07, 6.45) is 1.23. The first kappa shape index (κ1) is 28.9. The molecular weight excluding hydrogens is 529 g/mol. The Hall–Kier alpha value is -3.57. The summed E-state index contributed by atoms with van der Waals surface area (Å²) in [6, 6.07) is 4.46. The van der Waals surface area contributed by atoms with E-state index in [0.29, 0.717) is 48.0 Å². The lowest BCUT2D eigenvalue weighted by molar-refractivity contribution is -0.0136. The van der Waals surface area contributed by atoms with Crippen molar-refractivity contribution in [3.8, 4) is 11.3 Å². The maximum atomic E-state index is 15.1. The van der Waals surface area contributed by atoms with Crippen LogP contribution in [0.15, 0.2) is 29.2 Å². The number of pyridine rings is 1. The first-order valence-corrected chi connectivity index (χ1v) is 14.1. The second-order valence-electron chi connectivity index (χ2n) is 12.1. The normalized spacial score (nSPS) is 21.2. The van der Waals surface area contributed by atoms with Crippen LogP contribution in [-0.2, 0) is 9.47 Å². The van der Waals surface area contributed by atoms with Crippen molar-refractivity contribution in [2.24, 2.45) is 0 Å². The largest absolute Gasteiger partial charge is 0.444 e. The molecule has 11 heteroatoms. The third-order valence-corrected chi connectivity index (χ3v) is 7.62. The van der Waals surface area contributed by atoms with Gasteiger partial charge in [0.05, 0.1) is 36.5 Å². The molecule has 1 aromatic carbocycles. The molecule has 0 aliphatic carbocycles. The zero-order chi connectivity index (χ0) is 29.6. The van der Waals surface area contributed by atoms with Crippen molar-refractivity contribution in [1.82, 2.24) is 19.4 Å². The fraction of sp³-hybridized carbons (Fsp3) is 0.533. The average molecular weight is 568 g/mol. The number of carbonyl (C=O) groups excluding carboxylic acids is 1. The molecule has 10 nitrogen and oxygen atoms in total. The number of fused-ring (bicyclic) bond motifs is 1. The number of carbonyl (C=O) groups is 1. The molecule has 2 N–H and O–H groups in total. The van der Waals surface area contributed by atoms with Crippen molar-refractivity contribution >= 4 is 22.9 Å². The van der Waals surface area contributed by atoms with E-state index < -0.39 is 23.6 Å². The number of ether oxygens (including phenoxy) is 2. The van der Waals surface area contributed by atoms with Crippen molar-refractivity contribution in [1.29, 1.82) is 0 Å². The highest BCUT2D eigenvalue weighted by atomic mass is 19.1. The predicted octanol–water partition coefficient (Wildman–Crippen LogP) is 4.73. The molecule has 2 aliphatic heterocycles. The molecule has 5 rings (SSSR count). The van der Waals surface area contributed by atoms with Crippen LogP contribution in [0.25, 0.3) is 22.2 Å². The molecule has 2 aromatic heterocycles. The van der Waals surface area contributed by atoms with Crippen LogP contribution in [-0.4, -0.2) is 68.1 Å². The quantitative estimate of drug-likeness (QED) is 0.454. The number of anilines is 1. The van der Waals surface area contributed by atoms with Crippen molar-refractivity contribution in [3.63, 3.8) is 0 Å². The standard InChI is InChI=1S/C30H38FN5O5/c1-16(2)36-23-13-18(25-20(31)14-32-28(34-25)33-21-10-12-40-15-24(21)37)7-8-19(23)27(38)17(3)26(36)22-9-11-35(22)29(39)41-30(4,5)6/h7-8,13-14,16,21-22,24,37H,9-12,15H2,1-6H3,(H,32,33,34)/t21-,22?,24-/m1/s1. The molecule has 41 heavy (non-hydrogen) atoms. The van der Waals surface area contributed by atoms with Crippen molar-refractivity contribution in [3.05, 3.63) is 51.7 Å². The Labute approximate surface area is 238 Å². The Kier molecular flexibility index (Phi) is 7.78. The molecule has 1 amide bonds. The van der Waals surface area contributed by atoms with Crippen LogP contribution >= 0.6 is 0 Å². The fourth-order valence-electron chi connectivity index (χ4n) is 5.57. The molecule has 2 saturated heterocycles. The molecule has 2 fully saturated rings.